The van der Waals surface area contributed by atoms with E-state index in [2.05, 4.69) is 11.8 Å². The van der Waals surface area contributed by atoms with Crippen LogP contribution in [0.1, 0.15) is 52.9 Å². The molecule has 182 valence electrons. The molecule has 0 spiro atoms. The van der Waals surface area contributed by atoms with Crippen LogP contribution in [-0.2, 0) is 20.3 Å². The first-order valence-electron chi connectivity index (χ1n) is 12.0. The van der Waals surface area contributed by atoms with Gasteiger partial charge in [0.2, 0.25) is 0 Å². The molecule has 2 saturated carbocycles. The van der Waals surface area contributed by atoms with Crippen LogP contribution in [-0.4, -0.2) is 96.6 Å². The topological polar surface area (TPSA) is 42.0 Å². The van der Waals surface area contributed by atoms with Crippen molar-refractivity contribution in [1.82, 2.24) is 9.80 Å². The fraction of sp³-hybridized carbons (Fsp3) is 1.00. The molecular weight excluding hydrogens is 422 g/mol. The average Bonchev–Trinajstić information content (AvgIpc) is 3.62. The van der Waals surface area contributed by atoms with Crippen LogP contribution in [0.15, 0.2) is 0 Å². The van der Waals surface area contributed by atoms with Crippen LogP contribution in [0.3, 0.4) is 0 Å². The average molecular weight is 465 g/mol. The standard InChI is InChI=1S/C12H21F2NO.C11H21NO2S/c1-10(2)16-9-11(3-4-11)7-15-6-5-12(13,14)8-15;1-2-14-10-11(3-4-11)9-12-5-7-15(13)8-6-12/h10H,3-9H2,1-2H3;2-10H2,1H3. The highest BCUT2D eigenvalue weighted by Crippen LogP contribution is 2.48. The highest BCUT2D eigenvalue weighted by atomic mass is 32.2. The molecule has 0 amide bonds. The third kappa shape index (κ3) is 8.61. The maximum atomic E-state index is 13.0. The quantitative estimate of drug-likeness (QED) is 0.496. The largest absolute Gasteiger partial charge is 0.381 e. The molecule has 0 aromatic heterocycles. The van der Waals surface area contributed by atoms with E-state index in [1.165, 1.54) is 12.8 Å². The van der Waals surface area contributed by atoms with Crippen LogP contribution in [0.5, 0.6) is 0 Å². The van der Waals surface area contributed by atoms with Gasteiger partial charge in [-0.05, 0) is 46.5 Å². The molecule has 4 aliphatic rings. The predicted molar refractivity (Wildman–Crippen MR) is 121 cm³/mol. The summed E-state index contributed by atoms with van der Waals surface area (Å²) in [7, 11) is -0.547. The molecule has 4 fully saturated rings. The van der Waals surface area contributed by atoms with Gasteiger partial charge in [-0.3, -0.25) is 9.11 Å². The van der Waals surface area contributed by atoms with E-state index < -0.39 is 16.7 Å². The molecule has 2 saturated heterocycles. The summed E-state index contributed by atoms with van der Waals surface area (Å²) in [6, 6.07) is 0. The third-order valence-electron chi connectivity index (χ3n) is 6.89. The molecule has 0 atom stereocenters. The Kier molecular flexibility index (Phi) is 8.92. The third-order valence-corrected chi connectivity index (χ3v) is 8.16. The summed E-state index contributed by atoms with van der Waals surface area (Å²) < 4.78 is 48.4. The molecule has 0 radical (unpaired) electrons. The maximum absolute atomic E-state index is 13.0. The SMILES string of the molecule is CC(C)OCC1(CN2CCC(F)(F)C2)CC1.CCOCC1(CN2CCS(=O)CC2)CC1. The van der Waals surface area contributed by atoms with Crippen LogP contribution in [0, 0.1) is 10.8 Å². The van der Waals surface area contributed by atoms with Crippen molar-refractivity contribution in [2.24, 2.45) is 10.8 Å². The maximum Gasteiger partial charge on any atom is 0.261 e. The molecule has 0 N–H and O–H groups in total. The van der Waals surface area contributed by atoms with Crippen molar-refractivity contribution >= 4 is 10.8 Å². The molecular formula is C23H42F2N2O3S. The number of ether oxygens (including phenoxy) is 2. The molecule has 5 nitrogen and oxygen atoms in total. The number of halogens is 2. The normalized spacial score (nSPS) is 27.2. The van der Waals surface area contributed by atoms with E-state index in [0.717, 1.165) is 70.3 Å². The number of hydrogen-bond acceptors (Lipinski definition) is 5. The lowest BCUT2D eigenvalue weighted by molar-refractivity contribution is 0.00261. The first kappa shape index (κ1) is 25.5. The Balaban J connectivity index is 0.000000176. The summed E-state index contributed by atoms with van der Waals surface area (Å²) in [4.78, 5) is 4.37. The molecule has 0 aromatic rings. The van der Waals surface area contributed by atoms with Crippen molar-refractivity contribution in [3.05, 3.63) is 0 Å². The van der Waals surface area contributed by atoms with Crippen molar-refractivity contribution < 1.29 is 22.5 Å². The molecule has 2 aliphatic heterocycles. The molecule has 0 bridgehead atoms. The second kappa shape index (κ2) is 10.9. The monoisotopic (exact) mass is 464 g/mol. The van der Waals surface area contributed by atoms with Gasteiger partial charge in [0.15, 0.2) is 0 Å². The fourth-order valence-corrected chi connectivity index (χ4v) is 5.56. The van der Waals surface area contributed by atoms with E-state index in [-0.39, 0.29) is 24.5 Å². The second-order valence-electron chi connectivity index (χ2n) is 10.4. The highest BCUT2D eigenvalue weighted by molar-refractivity contribution is 7.85. The highest BCUT2D eigenvalue weighted by Gasteiger charge is 2.48. The first-order valence-corrected chi connectivity index (χ1v) is 13.5. The zero-order chi connectivity index (χ0) is 22.5. The van der Waals surface area contributed by atoms with Crippen LogP contribution in [0.2, 0.25) is 0 Å². The molecule has 2 heterocycles. The minimum absolute atomic E-state index is 0.0219. The lowest BCUT2D eigenvalue weighted by Crippen LogP contribution is -2.41. The Morgan fingerprint density at radius 2 is 1.48 bits per heavy atom. The Bertz CT molecular complexity index is 587. The van der Waals surface area contributed by atoms with Gasteiger partial charge in [-0.25, -0.2) is 8.78 Å². The summed E-state index contributed by atoms with van der Waals surface area (Å²) in [5.41, 5.74) is 0.638. The van der Waals surface area contributed by atoms with E-state index in [1.807, 2.05) is 18.7 Å². The van der Waals surface area contributed by atoms with Crippen molar-refractivity contribution in [2.75, 3.05) is 70.6 Å². The fourth-order valence-electron chi connectivity index (χ4n) is 4.44. The summed E-state index contributed by atoms with van der Waals surface area (Å²) >= 11 is 0. The lowest BCUT2D eigenvalue weighted by Gasteiger charge is -2.30. The van der Waals surface area contributed by atoms with Gasteiger partial charge in [-0.2, -0.15) is 0 Å². The summed E-state index contributed by atoms with van der Waals surface area (Å²) in [5.74, 6) is -0.732. The molecule has 0 aromatic carbocycles. The number of nitrogens with zero attached hydrogens (tertiary/aromatic N) is 2. The van der Waals surface area contributed by atoms with Gasteiger partial charge in [-0.15, -0.1) is 0 Å². The molecule has 31 heavy (non-hydrogen) atoms. The second-order valence-corrected chi connectivity index (χ2v) is 12.1. The van der Waals surface area contributed by atoms with Crippen LogP contribution < -0.4 is 0 Å². The van der Waals surface area contributed by atoms with Gasteiger partial charge >= 0.3 is 0 Å². The van der Waals surface area contributed by atoms with Crippen molar-refractivity contribution in [3.8, 4) is 0 Å². The number of alkyl halides is 2. The number of likely N-dealkylation sites (tertiary alicyclic amines) is 1. The zero-order valence-corrected chi connectivity index (χ0v) is 20.5. The Morgan fingerprint density at radius 1 is 0.903 bits per heavy atom. The van der Waals surface area contributed by atoms with Crippen LogP contribution in [0.25, 0.3) is 0 Å². The first-order chi connectivity index (χ1) is 14.6. The minimum atomic E-state index is -2.46. The van der Waals surface area contributed by atoms with Gasteiger partial charge in [0.05, 0.1) is 25.9 Å². The Hall–Kier alpha value is -0.150. The smallest absolute Gasteiger partial charge is 0.261 e. The Labute approximate surface area is 189 Å². The number of hydrogen-bond donors (Lipinski definition) is 0. The Morgan fingerprint density at radius 3 is 1.97 bits per heavy atom. The zero-order valence-electron chi connectivity index (χ0n) is 19.7. The van der Waals surface area contributed by atoms with Crippen molar-refractivity contribution in [1.29, 1.82) is 0 Å². The van der Waals surface area contributed by atoms with Crippen molar-refractivity contribution in [2.45, 2.75) is 64.9 Å². The molecule has 2 aliphatic carbocycles. The number of rotatable bonds is 10. The lowest BCUT2D eigenvalue weighted by atomic mass is 10.1. The van der Waals surface area contributed by atoms with Gasteiger partial charge in [0.1, 0.15) is 0 Å². The molecule has 8 heteroatoms. The predicted octanol–water partition coefficient (Wildman–Crippen LogP) is 3.40. The van der Waals surface area contributed by atoms with Crippen molar-refractivity contribution in [3.63, 3.8) is 0 Å². The van der Waals surface area contributed by atoms with E-state index in [4.69, 9.17) is 9.47 Å². The van der Waals surface area contributed by atoms with Gasteiger partial charge < -0.3 is 14.4 Å². The molecule has 0 unspecified atom stereocenters. The van der Waals surface area contributed by atoms with Gasteiger partial charge in [-0.1, -0.05) is 0 Å². The minimum Gasteiger partial charge on any atom is -0.381 e. The van der Waals surface area contributed by atoms with Gasteiger partial charge in [0, 0.05) is 78.9 Å². The summed E-state index contributed by atoms with van der Waals surface area (Å²) in [6.07, 6.45) is 5.13. The summed E-state index contributed by atoms with van der Waals surface area (Å²) in [6.45, 7) is 13.0. The van der Waals surface area contributed by atoms with E-state index >= 15 is 0 Å². The van der Waals surface area contributed by atoms with Crippen LogP contribution in [0.4, 0.5) is 8.78 Å². The van der Waals surface area contributed by atoms with E-state index in [1.54, 1.807) is 0 Å². The van der Waals surface area contributed by atoms with Crippen LogP contribution >= 0.6 is 0 Å². The summed E-state index contributed by atoms with van der Waals surface area (Å²) in [5, 5.41) is 0. The van der Waals surface area contributed by atoms with E-state index in [9.17, 15) is 13.0 Å². The molecule has 4 rings (SSSR count). The van der Waals surface area contributed by atoms with E-state index in [0.29, 0.717) is 12.0 Å². The van der Waals surface area contributed by atoms with Gasteiger partial charge in [0.25, 0.3) is 5.92 Å².